The van der Waals surface area contributed by atoms with Crippen LogP contribution < -0.4 is 0 Å². The van der Waals surface area contributed by atoms with Gasteiger partial charge in [0.05, 0.1) is 0 Å². The van der Waals surface area contributed by atoms with Gasteiger partial charge in [-0.25, -0.2) is 13.6 Å². The molecule has 0 heterocycles. The van der Waals surface area contributed by atoms with E-state index in [0.29, 0.717) is 0 Å². The van der Waals surface area contributed by atoms with E-state index in [1.807, 2.05) is 0 Å². The lowest BCUT2D eigenvalue weighted by molar-refractivity contribution is -0.161. The van der Waals surface area contributed by atoms with Crippen molar-refractivity contribution in [2.45, 2.75) is 32.5 Å². The highest BCUT2D eigenvalue weighted by Gasteiger charge is 2.24. The minimum Gasteiger partial charge on any atom is -0.458 e. The molecule has 0 aliphatic rings. The van der Waals surface area contributed by atoms with Crippen LogP contribution in [0.2, 0.25) is 0 Å². The molecule has 1 atom stereocenters. The highest BCUT2D eigenvalue weighted by Crippen LogP contribution is 2.09. The van der Waals surface area contributed by atoms with Crippen LogP contribution in [-0.2, 0) is 9.53 Å². The molecule has 0 aromatic heterocycles. The van der Waals surface area contributed by atoms with E-state index in [1.165, 1.54) is 0 Å². The van der Waals surface area contributed by atoms with E-state index in [2.05, 4.69) is 4.74 Å². The fourth-order valence-electron chi connectivity index (χ4n) is 0.429. The SMILES string of the molecule is CC(C)(C)OC(=O)[C@H](F)CF. The highest BCUT2D eigenvalue weighted by molar-refractivity contribution is 5.75. The summed E-state index contributed by atoms with van der Waals surface area (Å²) in [6, 6.07) is 0. The minimum atomic E-state index is -2.14. The Hall–Kier alpha value is -0.670. The molecule has 0 saturated heterocycles. The molecule has 0 aromatic carbocycles. The van der Waals surface area contributed by atoms with Crippen LogP contribution in [0.15, 0.2) is 0 Å². The molecule has 66 valence electrons. The Morgan fingerprint density at radius 2 is 2.00 bits per heavy atom. The second-order valence-electron chi connectivity index (χ2n) is 3.16. The molecule has 0 amide bonds. The Morgan fingerprint density at radius 3 is 2.27 bits per heavy atom. The van der Waals surface area contributed by atoms with Crippen molar-refractivity contribution in [1.82, 2.24) is 0 Å². The predicted molar refractivity (Wildman–Crippen MR) is 36.7 cm³/mol. The summed E-state index contributed by atoms with van der Waals surface area (Å²) in [4.78, 5) is 10.6. The van der Waals surface area contributed by atoms with E-state index >= 15 is 0 Å². The number of hydrogen-bond acceptors (Lipinski definition) is 2. The summed E-state index contributed by atoms with van der Waals surface area (Å²) in [6.07, 6.45) is -2.14. The number of rotatable bonds is 2. The van der Waals surface area contributed by atoms with Crippen molar-refractivity contribution >= 4 is 5.97 Å². The number of alkyl halides is 2. The van der Waals surface area contributed by atoms with Crippen molar-refractivity contribution in [2.75, 3.05) is 6.67 Å². The van der Waals surface area contributed by atoms with Crippen molar-refractivity contribution < 1.29 is 18.3 Å². The second-order valence-corrected chi connectivity index (χ2v) is 3.16. The maximum absolute atomic E-state index is 12.2. The number of carbonyl (C=O) groups excluding carboxylic acids is 1. The lowest BCUT2D eigenvalue weighted by atomic mass is 10.2. The first-order chi connectivity index (χ1) is 4.87. The molecule has 0 aliphatic carbocycles. The number of hydrogen-bond donors (Lipinski definition) is 0. The van der Waals surface area contributed by atoms with Gasteiger partial charge in [-0.05, 0) is 20.8 Å². The first-order valence-electron chi connectivity index (χ1n) is 3.29. The molecule has 0 spiro atoms. The lowest BCUT2D eigenvalue weighted by Gasteiger charge is -2.19. The molecule has 0 unspecified atom stereocenters. The van der Waals surface area contributed by atoms with Crippen molar-refractivity contribution in [3.63, 3.8) is 0 Å². The average molecular weight is 166 g/mol. The number of carbonyl (C=O) groups is 1. The summed E-state index contributed by atoms with van der Waals surface area (Å²) < 4.78 is 28.3. The van der Waals surface area contributed by atoms with E-state index in [0.717, 1.165) is 0 Å². The molecule has 11 heavy (non-hydrogen) atoms. The largest absolute Gasteiger partial charge is 0.458 e. The maximum atomic E-state index is 12.2. The van der Waals surface area contributed by atoms with Gasteiger partial charge in [0.15, 0.2) is 0 Å². The van der Waals surface area contributed by atoms with E-state index in [4.69, 9.17) is 0 Å². The molecular weight excluding hydrogens is 154 g/mol. The molecule has 2 nitrogen and oxygen atoms in total. The van der Waals surface area contributed by atoms with E-state index in [1.54, 1.807) is 20.8 Å². The molecule has 0 N–H and O–H groups in total. The van der Waals surface area contributed by atoms with Crippen LogP contribution >= 0.6 is 0 Å². The van der Waals surface area contributed by atoms with E-state index < -0.39 is 24.4 Å². The zero-order valence-corrected chi connectivity index (χ0v) is 6.86. The minimum absolute atomic E-state index is 0.753. The third-order valence-corrected chi connectivity index (χ3v) is 0.798. The van der Waals surface area contributed by atoms with Gasteiger partial charge in [0.2, 0.25) is 6.17 Å². The fraction of sp³-hybridized carbons (Fsp3) is 0.857. The van der Waals surface area contributed by atoms with Gasteiger partial charge in [0.25, 0.3) is 0 Å². The van der Waals surface area contributed by atoms with Crippen LogP contribution in [0.3, 0.4) is 0 Å². The summed E-state index contributed by atoms with van der Waals surface area (Å²) in [5, 5.41) is 0. The molecule has 0 aromatic rings. The maximum Gasteiger partial charge on any atom is 0.344 e. The molecule has 0 radical (unpaired) electrons. The smallest absolute Gasteiger partial charge is 0.344 e. The first kappa shape index (κ1) is 10.3. The van der Waals surface area contributed by atoms with Crippen LogP contribution in [0.4, 0.5) is 8.78 Å². The van der Waals surface area contributed by atoms with Crippen LogP contribution in [0.25, 0.3) is 0 Å². The zero-order valence-electron chi connectivity index (χ0n) is 6.86. The van der Waals surface area contributed by atoms with Crippen molar-refractivity contribution in [2.24, 2.45) is 0 Å². The first-order valence-corrected chi connectivity index (χ1v) is 3.29. The van der Waals surface area contributed by atoms with Crippen LogP contribution in [-0.4, -0.2) is 24.4 Å². The van der Waals surface area contributed by atoms with Gasteiger partial charge < -0.3 is 4.74 Å². The summed E-state index contributed by atoms with van der Waals surface area (Å²) in [7, 11) is 0. The molecule has 0 aliphatic heterocycles. The summed E-state index contributed by atoms with van der Waals surface area (Å²) in [5.41, 5.74) is -0.753. The average Bonchev–Trinajstić information content (AvgIpc) is 1.82. The molecule has 0 rings (SSSR count). The van der Waals surface area contributed by atoms with Crippen LogP contribution in [0, 0.1) is 0 Å². The van der Waals surface area contributed by atoms with Gasteiger partial charge in [-0.15, -0.1) is 0 Å². The van der Waals surface area contributed by atoms with Crippen LogP contribution in [0.1, 0.15) is 20.8 Å². The predicted octanol–water partition coefficient (Wildman–Crippen LogP) is 1.64. The van der Waals surface area contributed by atoms with Gasteiger partial charge in [0, 0.05) is 0 Å². The van der Waals surface area contributed by atoms with Crippen LogP contribution in [0.5, 0.6) is 0 Å². The fourth-order valence-corrected chi connectivity index (χ4v) is 0.429. The number of ether oxygens (including phenoxy) is 1. The second kappa shape index (κ2) is 3.64. The molecule has 0 fully saturated rings. The van der Waals surface area contributed by atoms with Crippen molar-refractivity contribution in [3.05, 3.63) is 0 Å². The Balaban J connectivity index is 3.88. The third-order valence-electron chi connectivity index (χ3n) is 0.798. The molecule has 4 heteroatoms. The van der Waals surface area contributed by atoms with Crippen molar-refractivity contribution in [1.29, 1.82) is 0 Å². The van der Waals surface area contributed by atoms with Gasteiger partial charge in [-0.2, -0.15) is 0 Å². The van der Waals surface area contributed by atoms with E-state index in [9.17, 15) is 13.6 Å². The van der Waals surface area contributed by atoms with Crippen molar-refractivity contribution in [3.8, 4) is 0 Å². The Labute approximate surface area is 64.5 Å². The topological polar surface area (TPSA) is 26.3 Å². The van der Waals surface area contributed by atoms with E-state index in [-0.39, 0.29) is 0 Å². The zero-order chi connectivity index (χ0) is 9.07. The van der Waals surface area contributed by atoms with Gasteiger partial charge >= 0.3 is 5.97 Å². The number of esters is 1. The monoisotopic (exact) mass is 166 g/mol. The standard InChI is InChI=1S/C7H12F2O2/c1-7(2,3)11-6(10)5(9)4-8/h5H,4H2,1-3H3/t5-/m1/s1. The van der Waals surface area contributed by atoms with Gasteiger partial charge in [-0.3, -0.25) is 0 Å². The Morgan fingerprint density at radius 1 is 1.55 bits per heavy atom. The summed E-state index contributed by atoms with van der Waals surface area (Å²) in [6.45, 7) is 3.45. The summed E-state index contributed by atoms with van der Waals surface area (Å²) >= 11 is 0. The van der Waals surface area contributed by atoms with Gasteiger partial charge in [0.1, 0.15) is 12.3 Å². The summed E-state index contributed by atoms with van der Waals surface area (Å²) in [5.74, 6) is -1.14. The number of halogens is 2. The molecule has 0 saturated carbocycles. The highest BCUT2D eigenvalue weighted by atomic mass is 19.2. The third kappa shape index (κ3) is 4.70. The lowest BCUT2D eigenvalue weighted by Crippen LogP contribution is -2.30. The van der Waals surface area contributed by atoms with Gasteiger partial charge in [-0.1, -0.05) is 0 Å². The Kier molecular flexibility index (Phi) is 3.42. The Bertz CT molecular complexity index is 140. The molecular formula is C7H12F2O2. The molecule has 0 bridgehead atoms. The quantitative estimate of drug-likeness (QED) is 0.583. The normalized spacial score (nSPS) is 14.3.